The summed E-state index contributed by atoms with van der Waals surface area (Å²) in [6.07, 6.45) is 0. The van der Waals surface area contributed by atoms with Gasteiger partial charge in [-0.3, -0.25) is 0 Å². The highest BCUT2D eigenvalue weighted by molar-refractivity contribution is 6.00. The van der Waals surface area contributed by atoms with E-state index in [2.05, 4.69) is 9.97 Å². The van der Waals surface area contributed by atoms with E-state index in [1.165, 1.54) is 0 Å². The molecule has 0 fully saturated rings. The predicted molar refractivity (Wildman–Crippen MR) is 81.6 cm³/mol. The van der Waals surface area contributed by atoms with Crippen LogP contribution in [0, 0.1) is 0 Å². The number of nitrogens with zero attached hydrogens (tertiary/aromatic N) is 1. The number of benzene rings is 2. The molecule has 0 aliphatic carbocycles. The van der Waals surface area contributed by atoms with Gasteiger partial charge in [0.15, 0.2) is 0 Å². The summed E-state index contributed by atoms with van der Waals surface area (Å²) in [4.78, 5) is 29.8. The van der Waals surface area contributed by atoms with Crippen molar-refractivity contribution < 1.29 is 0 Å². The molecule has 0 spiro atoms. The third kappa shape index (κ3) is 1.64. The zero-order chi connectivity index (χ0) is 14.4. The second kappa shape index (κ2) is 4.21. The van der Waals surface area contributed by atoms with Crippen LogP contribution in [0.2, 0.25) is 0 Å². The smallest absolute Gasteiger partial charge is 0.306 e. The molecule has 0 atom stereocenters. The molecule has 2 aromatic carbocycles. The van der Waals surface area contributed by atoms with Crippen molar-refractivity contribution in [2.24, 2.45) is 0 Å². The first-order chi connectivity index (χ1) is 10.3. The second-order valence-electron chi connectivity index (χ2n) is 4.83. The van der Waals surface area contributed by atoms with Gasteiger partial charge in [0.2, 0.25) is 0 Å². The Bertz CT molecular complexity index is 1070. The summed E-state index contributed by atoms with van der Waals surface area (Å²) < 4.78 is 1.14. The largest absolute Gasteiger partial charge is 0.334 e. The standard InChI is InChI=1S/C16H11N3O2/c20-15-17-12-9-5-4-8-11(12)14-13(18-16(21)19(14)15)10-6-2-1-3-7-10/h1-9H,(H,17,20)(H,18,21). The van der Waals surface area contributed by atoms with Crippen LogP contribution in [-0.2, 0) is 0 Å². The number of hydrogen-bond acceptors (Lipinski definition) is 2. The van der Waals surface area contributed by atoms with Gasteiger partial charge in [-0.25, -0.2) is 14.0 Å². The minimum atomic E-state index is -0.438. The fourth-order valence-corrected chi connectivity index (χ4v) is 2.67. The van der Waals surface area contributed by atoms with E-state index in [0.717, 1.165) is 15.4 Å². The van der Waals surface area contributed by atoms with Crippen molar-refractivity contribution in [1.29, 1.82) is 0 Å². The van der Waals surface area contributed by atoms with E-state index in [4.69, 9.17) is 0 Å². The molecule has 5 nitrogen and oxygen atoms in total. The average Bonchev–Trinajstić information content (AvgIpc) is 2.87. The molecule has 5 heteroatoms. The Hall–Kier alpha value is -3.08. The van der Waals surface area contributed by atoms with Crippen LogP contribution in [-0.4, -0.2) is 14.4 Å². The van der Waals surface area contributed by atoms with E-state index in [9.17, 15) is 9.59 Å². The lowest BCUT2D eigenvalue weighted by molar-refractivity contribution is 0.967. The molecule has 0 saturated heterocycles. The van der Waals surface area contributed by atoms with Crippen molar-refractivity contribution in [2.45, 2.75) is 0 Å². The van der Waals surface area contributed by atoms with Crippen LogP contribution in [0.5, 0.6) is 0 Å². The summed E-state index contributed by atoms with van der Waals surface area (Å²) >= 11 is 0. The van der Waals surface area contributed by atoms with Crippen LogP contribution >= 0.6 is 0 Å². The van der Waals surface area contributed by atoms with E-state index in [1.54, 1.807) is 0 Å². The molecule has 2 aromatic heterocycles. The van der Waals surface area contributed by atoms with E-state index < -0.39 is 11.4 Å². The lowest BCUT2D eigenvalue weighted by atomic mass is 10.1. The molecule has 21 heavy (non-hydrogen) atoms. The maximum atomic E-state index is 12.1. The highest BCUT2D eigenvalue weighted by Gasteiger charge is 2.14. The Morgan fingerprint density at radius 3 is 2.24 bits per heavy atom. The van der Waals surface area contributed by atoms with E-state index in [-0.39, 0.29) is 0 Å². The van der Waals surface area contributed by atoms with Gasteiger partial charge in [0.05, 0.1) is 16.7 Å². The molecule has 0 amide bonds. The Morgan fingerprint density at radius 2 is 1.43 bits per heavy atom. The fraction of sp³-hybridized carbons (Fsp3) is 0. The molecular formula is C16H11N3O2. The minimum Gasteiger partial charge on any atom is -0.306 e. The van der Waals surface area contributed by atoms with Crippen molar-refractivity contribution >= 4 is 16.4 Å². The molecule has 102 valence electrons. The SMILES string of the molecule is O=c1[nH]c(-c2ccccc2)c2c3ccccc3[nH]c(=O)n12. The lowest BCUT2D eigenvalue weighted by Gasteiger charge is -2.03. The molecule has 2 N–H and O–H groups in total. The number of nitrogens with one attached hydrogen (secondary N) is 2. The Labute approximate surface area is 118 Å². The molecule has 0 radical (unpaired) electrons. The van der Waals surface area contributed by atoms with Crippen LogP contribution in [0.4, 0.5) is 0 Å². The van der Waals surface area contributed by atoms with E-state index in [1.807, 2.05) is 54.6 Å². The van der Waals surface area contributed by atoms with Gasteiger partial charge in [-0.05, 0) is 6.07 Å². The molecule has 0 unspecified atom stereocenters. The Kier molecular flexibility index (Phi) is 2.35. The lowest BCUT2D eigenvalue weighted by Crippen LogP contribution is -2.25. The van der Waals surface area contributed by atoms with Gasteiger partial charge in [0, 0.05) is 10.9 Å². The number of imidazole rings is 1. The molecule has 0 bridgehead atoms. The van der Waals surface area contributed by atoms with Crippen LogP contribution in [0.15, 0.2) is 64.2 Å². The zero-order valence-electron chi connectivity index (χ0n) is 11.0. The predicted octanol–water partition coefficient (Wildman–Crippen LogP) is 2.14. The molecule has 0 aliphatic rings. The molecule has 4 rings (SSSR count). The highest BCUT2D eigenvalue weighted by Crippen LogP contribution is 2.25. The third-order valence-electron chi connectivity index (χ3n) is 3.58. The minimum absolute atomic E-state index is 0.434. The molecule has 0 saturated carbocycles. The summed E-state index contributed by atoms with van der Waals surface area (Å²) in [7, 11) is 0. The number of para-hydroxylation sites is 1. The number of aromatic nitrogens is 3. The van der Waals surface area contributed by atoms with Gasteiger partial charge in [-0.1, -0.05) is 48.5 Å². The molecule has 2 heterocycles. The summed E-state index contributed by atoms with van der Waals surface area (Å²) in [6.45, 7) is 0. The number of fused-ring (bicyclic) bond motifs is 3. The van der Waals surface area contributed by atoms with Gasteiger partial charge in [-0.2, -0.15) is 0 Å². The topological polar surface area (TPSA) is 70.1 Å². The van der Waals surface area contributed by atoms with Crippen molar-refractivity contribution in [3.05, 3.63) is 75.6 Å². The molecule has 4 aromatic rings. The average molecular weight is 277 g/mol. The normalized spacial score (nSPS) is 11.2. The first-order valence-corrected chi connectivity index (χ1v) is 6.57. The van der Waals surface area contributed by atoms with Crippen LogP contribution in [0.3, 0.4) is 0 Å². The summed E-state index contributed by atoms with van der Waals surface area (Å²) in [6, 6.07) is 16.9. The second-order valence-corrected chi connectivity index (χ2v) is 4.83. The monoisotopic (exact) mass is 277 g/mol. The van der Waals surface area contributed by atoms with Crippen LogP contribution in [0.1, 0.15) is 0 Å². The van der Waals surface area contributed by atoms with Gasteiger partial charge < -0.3 is 9.97 Å². The maximum absolute atomic E-state index is 12.1. The summed E-state index contributed by atoms with van der Waals surface area (Å²) in [5.41, 5.74) is 1.96. The first kappa shape index (κ1) is 11.7. The van der Waals surface area contributed by atoms with Gasteiger partial charge >= 0.3 is 11.4 Å². The summed E-state index contributed by atoms with van der Waals surface area (Å²) in [5.74, 6) is 0. The van der Waals surface area contributed by atoms with E-state index in [0.29, 0.717) is 16.7 Å². The Balaban J connectivity index is 2.29. The highest BCUT2D eigenvalue weighted by atomic mass is 16.2. The number of aromatic amines is 2. The van der Waals surface area contributed by atoms with E-state index >= 15 is 0 Å². The quantitative estimate of drug-likeness (QED) is 0.559. The molecular weight excluding hydrogens is 266 g/mol. The van der Waals surface area contributed by atoms with Crippen molar-refractivity contribution in [3.63, 3.8) is 0 Å². The zero-order valence-corrected chi connectivity index (χ0v) is 11.0. The van der Waals surface area contributed by atoms with Gasteiger partial charge in [0.1, 0.15) is 0 Å². The number of rotatable bonds is 1. The maximum Gasteiger partial charge on any atom is 0.334 e. The first-order valence-electron chi connectivity index (χ1n) is 6.57. The number of H-pyrrole nitrogens is 2. The summed E-state index contributed by atoms with van der Waals surface area (Å²) in [5, 5.41) is 0.828. The van der Waals surface area contributed by atoms with Crippen LogP contribution in [0.25, 0.3) is 27.7 Å². The van der Waals surface area contributed by atoms with Crippen molar-refractivity contribution in [3.8, 4) is 11.3 Å². The van der Waals surface area contributed by atoms with Crippen molar-refractivity contribution in [1.82, 2.24) is 14.4 Å². The van der Waals surface area contributed by atoms with Gasteiger partial charge in [-0.15, -0.1) is 0 Å². The molecule has 0 aliphatic heterocycles. The Morgan fingerprint density at radius 1 is 0.762 bits per heavy atom. The number of hydrogen-bond donors (Lipinski definition) is 2. The fourth-order valence-electron chi connectivity index (χ4n) is 2.67. The van der Waals surface area contributed by atoms with Crippen molar-refractivity contribution in [2.75, 3.05) is 0 Å². The van der Waals surface area contributed by atoms with Crippen LogP contribution < -0.4 is 11.4 Å². The third-order valence-corrected chi connectivity index (χ3v) is 3.58. The van der Waals surface area contributed by atoms with Gasteiger partial charge in [0.25, 0.3) is 0 Å².